The van der Waals surface area contributed by atoms with E-state index in [9.17, 15) is 0 Å². The van der Waals surface area contributed by atoms with Crippen LogP contribution in [0.25, 0.3) is 11.4 Å². The van der Waals surface area contributed by atoms with Crippen LogP contribution in [0.4, 0.5) is 5.69 Å². The summed E-state index contributed by atoms with van der Waals surface area (Å²) in [4.78, 5) is 6.88. The van der Waals surface area contributed by atoms with Crippen LogP contribution >= 0.6 is 0 Å². The molecule has 0 saturated carbocycles. The Kier molecular flexibility index (Phi) is 4.86. The SMILES string of the molecule is Cc1cccc(OCc2nc(-c3ccc(N4CCCCC4)cc3)no2)c1. The molecule has 1 aromatic heterocycles. The minimum Gasteiger partial charge on any atom is -0.484 e. The van der Waals surface area contributed by atoms with Crippen LogP contribution < -0.4 is 9.64 Å². The van der Waals surface area contributed by atoms with E-state index in [1.807, 2.05) is 31.2 Å². The molecular formula is C21H23N3O2. The van der Waals surface area contributed by atoms with Crippen molar-refractivity contribution < 1.29 is 9.26 Å². The first-order chi connectivity index (χ1) is 12.8. The summed E-state index contributed by atoms with van der Waals surface area (Å²) in [6.07, 6.45) is 3.89. The second-order valence-corrected chi connectivity index (χ2v) is 6.71. The third-order valence-corrected chi connectivity index (χ3v) is 4.67. The molecule has 3 aromatic rings. The zero-order chi connectivity index (χ0) is 17.8. The molecule has 1 aliphatic heterocycles. The number of aryl methyl sites for hydroxylation is 1. The number of aromatic nitrogens is 2. The molecule has 0 amide bonds. The van der Waals surface area contributed by atoms with Crippen molar-refractivity contribution in [3.8, 4) is 17.1 Å². The Morgan fingerprint density at radius 2 is 1.85 bits per heavy atom. The lowest BCUT2D eigenvalue weighted by atomic mass is 10.1. The van der Waals surface area contributed by atoms with Crippen LogP contribution in [0.2, 0.25) is 0 Å². The fourth-order valence-corrected chi connectivity index (χ4v) is 3.25. The number of ether oxygens (including phenoxy) is 1. The van der Waals surface area contributed by atoms with E-state index >= 15 is 0 Å². The highest BCUT2D eigenvalue weighted by molar-refractivity contribution is 5.60. The Morgan fingerprint density at radius 3 is 2.62 bits per heavy atom. The molecule has 0 spiro atoms. The molecule has 1 saturated heterocycles. The maximum atomic E-state index is 5.72. The van der Waals surface area contributed by atoms with Gasteiger partial charge in [-0.3, -0.25) is 0 Å². The van der Waals surface area contributed by atoms with E-state index < -0.39 is 0 Å². The first-order valence-electron chi connectivity index (χ1n) is 9.15. The fourth-order valence-electron chi connectivity index (χ4n) is 3.25. The van der Waals surface area contributed by atoms with E-state index in [0.29, 0.717) is 11.7 Å². The molecule has 2 heterocycles. The van der Waals surface area contributed by atoms with Crippen molar-refractivity contribution in [1.29, 1.82) is 0 Å². The van der Waals surface area contributed by atoms with Gasteiger partial charge in [-0.15, -0.1) is 0 Å². The van der Waals surface area contributed by atoms with Gasteiger partial charge >= 0.3 is 0 Å². The summed E-state index contributed by atoms with van der Waals surface area (Å²) in [5.74, 6) is 1.87. The van der Waals surface area contributed by atoms with Gasteiger partial charge in [0.05, 0.1) is 0 Å². The normalized spacial score (nSPS) is 14.4. The summed E-state index contributed by atoms with van der Waals surface area (Å²) in [6.45, 7) is 4.58. The molecule has 0 radical (unpaired) electrons. The predicted octanol–water partition coefficient (Wildman–Crippen LogP) is 4.61. The summed E-state index contributed by atoms with van der Waals surface area (Å²) in [7, 11) is 0. The summed E-state index contributed by atoms with van der Waals surface area (Å²) in [6, 6.07) is 16.3. The van der Waals surface area contributed by atoms with Gasteiger partial charge in [-0.05, 0) is 68.1 Å². The Morgan fingerprint density at radius 1 is 1.04 bits per heavy atom. The van der Waals surface area contributed by atoms with Gasteiger partial charge in [-0.25, -0.2) is 0 Å². The van der Waals surface area contributed by atoms with Crippen LogP contribution in [0.1, 0.15) is 30.7 Å². The maximum Gasteiger partial charge on any atom is 0.264 e. The molecule has 1 aliphatic rings. The predicted molar refractivity (Wildman–Crippen MR) is 101 cm³/mol. The number of rotatable bonds is 5. The molecule has 4 rings (SSSR count). The van der Waals surface area contributed by atoms with Gasteiger partial charge in [-0.2, -0.15) is 4.98 Å². The van der Waals surface area contributed by atoms with E-state index in [-0.39, 0.29) is 6.61 Å². The lowest BCUT2D eigenvalue weighted by Gasteiger charge is -2.28. The Labute approximate surface area is 153 Å². The third kappa shape index (κ3) is 3.87. The minimum absolute atomic E-state index is 0.266. The topological polar surface area (TPSA) is 51.4 Å². The van der Waals surface area contributed by atoms with Crippen LogP contribution in [-0.4, -0.2) is 23.2 Å². The van der Waals surface area contributed by atoms with E-state index in [4.69, 9.17) is 9.26 Å². The molecule has 2 aromatic carbocycles. The van der Waals surface area contributed by atoms with Crippen molar-refractivity contribution in [3.63, 3.8) is 0 Å². The zero-order valence-electron chi connectivity index (χ0n) is 15.0. The van der Waals surface area contributed by atoms with E-state index in [1.54, 1.807) is 0 Å². The Bertz CT molecular complexity index is 852. The second kappa shape index (κ2) is 7.60. The molecule has 5 heteroatoms. The molecule has 0 N–H and O–H groups in total. The van der Waals surface area contributed by atoms with Crippen LogP contribution in [0.5, 0.6) is 5.75 Å². The van der Waals surface area contributed by atoms with Crippen LogP contribution in [0.15, 0.2) is 53.1 Å². The van der Waals surface area contributed by atoms with Crippen molar-refractivity contribution in [3.05, 3.63) is 60.0 Å². The third-order valence-electron chi connectivity index (χ3n) is 4.67. The molecule has 5 nitrogen and oxygen atoms in total. The number of hydrogen-bond donors (Lipinski definition) is 0. The van der Waals surface area contributed by atoms with Crippen molar-refractivity contribution in [2.24, 2.45) is 0 Å². The number of benzene rings is 2. The van der Waals surface area contributed by atoms with Crippen molar-refractivity contribution in [1.82, 2.24) is 10.1 Å². The van der Waals surface area contributed by atoms with Gasteiger partial charge in [0.25, 0.3) is 5.89 Å². The van der Waals surface area contributed by atoms with Gasteiger partial charge in [0.2, 0.25) is 5.82 Å². The molecule has 1 fully saturated rings. The fraction of sp³-hybridized carbons (Fsp3) is 0.333. The van der Waals surface area contributed by atoms with Gasteiger partial charge in [-0.1, -0.05) is 17.3 Å². The number of piperidine rings is 1. The van der Waals surface area contributed by atoms with E-state index in [2.05, 4.69) is 39.3 Å². The van der Waals surface area contributed by atoms with Crippen LogP contribution in [0.3, 0.4) is 0 Å². The van der Waals surface area contributed by atoms with E-state index in [0.717, 1.165) is 30.0 Å². The average molecular weight is 349 g/mol. The monoisotopic (exact) mass is 349 g/mol. The van der Waals surface area contributed by atoms with Gasteiger partial charge in [0.1, 0.15) is 5.75 Å². The Balaban J connectivity index is 1.40. The van der Waals surface area contributed by atoms with Gasteiger partial charge < -0.3 is 14.2 Å². The molecule has 0 aliphatic carbocycles. The largest absolute Gasteiger partial charge is 0.484 e. The van der Waals surface area contributed by atoms with Crippen LogP contribution in [-0.2, 0) is 6.61 Å². The number of nitrogens with zero attached hydrogens (tertiary/aromatic N) is 3. The molecule has 0 unspecified atom stereocenters. The smallest absolute Gasteiger partial charge is 0.264 e. The summed E-state index contributed by atoms with van der Waals surface area (Å²) in [5.41, 5.74) is 3.37. The summed E-state index contributed by atoms with van der Waals surface area (Å²) >= 11 is 0. The zero-order valence-corrected chi connectivity index (χ0v) is 15.0. The highest BCUT2D eigenvalue weighted by Crippen LogP contribution is 2.24. The molecular weight excluding hydrogens is 326 g/mol. The summed E-state index contributed by atoms with van der Waals surface area (Å²) in [5, 5.41) is 4.08. The lowest BCUT2D eigenvalue weighted by molar-refractivity contribution is 0.243. The molecule has 0 atom stereocenters. The highest BCUT2D eigenvalue weighted by Gasteiger charge is 2.13. The van der Waals surface area contributed by atoms with Gasteiger partial charge in [0, 0.05) is 24.3 Å². The second-order valence-electron chi connectivity index (χ2n) is 6.71. The molecule has 0 bridgehead atoms. The number of anilines is 1. The standard InChI is InChI=1S/C21H23N3O2/c1-16-6-5-7-19(14-16)25-15-20-22-21(23-26-20)17-8-10-18(11-9-17)24-12-3-2-4-13-24/h5-11,14H,2-4,12-13,15H2,1H3. The first-order valence-corrected chi connectivity index (χ1v) is 9.15. The lowest BCUT2D eigenvalue weighted by Crippen LogP contribution is -2.29. The van der Waals surface area contributed by atoms with E-state index in [1.165, 1.54) is 24.9 Å². The van der Waals surface area contributed by atoms with Crippen LogP contribution in [0, 0.1) is 6.92 Å². The van der Waals surface area contributed by atoms with Gasteiger partial charge in [0.15, 0.2) is 6.61 Å². The number of hydrogen-bond acceptors (Lipinski definition) is 5. The minimum atomic E-state index is 0.266. The quantitative estimate of drug-likeness (QED) is 0.673. The summed E-state index contributed by atoms with van der Waals surface area (Å²) < 4.78 is 11.0. The average Bonchev–Trinajstić information content (AvgIpc) is 3.16. The Hall–Kier alpha value is -2.82. The first kappa shape index (κ1) is 16.6. The van der Waals surface area contributed by atoms with Crippen molar-refractivity contribution in [2.45, 2.75) is 32.8 Å². The molecule has 26 heavy (non-hydrogen) atoms. The highest BCUT2D eigenvalue weighted by atomic mass is 16.5. The molecule has 134 valence electrons. The maximum absolute atomic E-state index is 5.72. The van der Waals surface area contributed by atoms with Crippen molar-refractivity contribution >= 4 is 5.69 Å². The van der Waals surface area contributed by atoms with Crippen molar-refractivity contribution in [2.75, 3.05) is 18.0 Å².